The summed E-state index contributed by atoms with van der Waals surface area (Å²) in [5.41, 5.74) is 0.950. The fourth-order valence-corrected chi connectivity index (χ4v) is 2.64. The third-order valence-electron chi connectivity index (χ3n) is 3.76. The van der Waals surface area contributed by atoms with Gasteiger partial charge in [-0.2, -0.15) is 0 Å². The highest BCUT2D eigenvalue weighted by Crippen LogP contribution is 2.22. The summed E-state index contributed by atoms with van der Waals surface area (Å²) in [5.74, 6) is -2.70. The summed E-state index contributed by atoms with van der Waals surface area (Å²) in [6.07, 6.45) is -0.755. The third-order valence-corrected chi connectivity index (χ3v) is 3.76. The van der Waals surface area contributed by atoms with Crippen LogP contribution in [0.15, 0.2) is 30.3 Å². The Morgan fingerprint density at radius 3 is 2.61 bits per heavy atom. The van der Waals surface area contributed by atoms with E-state index in [9.17, 15) is 14.4 Å². The van der Waals surface area contributed by atoms with Gasteiger partial charge in [0.15, 0.2) is 0 Å². The number of cyclic esters (lactones) is 1. The van der Waals surface area contributed by atoms with Crippen LogP contribution < -0.4 is 0 Å². The highest BCUT2D eigenvalue weighted by molar-refractivity contribution is 5.96. The molecule has 124 valence electrons. The Morgan fingerprint density at radius 1 is 1.30 bits per heavy atom. The van der Waals surface area contributed by atoms with Crippen LogP contribution in [-0.2, 0) is 20.7 Å². The van der Waals surface area contributed by atoms with Crippen LogP contribution in [-0.4, -0.2) is 52.3 Å². The Bertz CT molecular complexity index is 573. The number of aliphatic hydroxyl groups excluding tert-OH is 1. The van der Waals surface area contributed by atoms with Gasteiger partial charge in [-0.05, 0) is 18.4 Å². The van der Waals surface area contributed by atoms with Gasteiger partial charge >= 0.3 is 12.1 Å². The Kier molecular flexibility index (Phi) is 5.70. The molecule has 2 N–H and O–H groups in total. The van der Waals surface area contributed by atoms with Crippen molar-refractivity contribution in [3.05, 3.63) is 35.9 Å². The monoisotopic (exact) mass is 321 g/mol. The van der Waals surface area contributed by atoms with Crippen LogP contribution in [0.3, 0.4) is 0 Å². The number of ether oxygens (including phenoxy) is 1. The predicted molar refractivity (Wildman–Crippen MR) is 79.6 cm³/mol. The highest BCUT2D eigenvalue weighted by Gasteiger charge is 2.41. The normalized spacial score (nSPS) is 18.6. The van der Waals surface area contributed by atoms with E-state index in [1.807, 2.05) is 30.3 Å². The molecule has 2 rings (SSSR count). The predicted octanol–water partition coefficient (Wildman–Crippen LogP) is 1.05. The number of carbonyl (C=O) groups is 3. The second-order valence-corrected chi connectivity index (χ2v) is 5.44. The molecule has 1 saturated heterocycles. The topological polar surface area (TPSA) is 104 Å². The molecule has 1 fully saturated rings. The van der Waals surface area contributed by atoms with Crippen molar-refractivity contribution in [2.75, 3.05) is 13.2 Å². The van der Waals surface area contributed by atoms with Crippen molar-refractivity contribution in [3.8, 4) is 0 Å². The minimum absolute atomic E-state index is 0.00697. The van der Waals surface area contributed by atoms with Crippen LogP contribution in [0, 0.1) is 5.92 Å². The largest absolute Gasteiger partial charge is 0.481 e. The van der Waals surface area contributed by atoms with Gasteiger partial charge in [0.2, 0.25) is 5.91 Å². The first-order valence-corrected chi connectivity index (χ1v) is 7.39. The molecule has 7 heteroatoms. The van der Waals surface area contributed by atoms with Gasteiger partial charge in [-0.1, -0.05) is 30.3 Å². The fourth-order valence-electron chi connectivity index (χ4n) is 2.64. The van der Waals surface area contributed by atoms with Crippen molar-refractivity contribution >= 4 is 18.0 Å². The zero-order valence-corrected chi connectivity index (χ0v) is 12.6. The molecule has 1 aliphatic rings. The quantitative estimate of drug-likeness (QED) is 0.778. The van der Waals surface area contributed by atoms with E-state index in [4.69, 9.17) is 14.9 Å². The minimum Gasteiger partial charge on any atom is -0.481 e. The highest BCUT2D eigenvalue weighted by atomic mass is 16.6. The zero-order chi connectivity index (χ0) is 16.8. The number of hydrogen-bond acceptors (Lipinski definition) is 5. The van der Waals surface area contributed by atoms with Crippen LogP contribution in [0.25, 0.3) is 0 Å². The van der Waals surface area contributed by atoms with E-state index in [0.29, 0.717) is 6.42 Å². The van der Waals surface area contributed by atoms with E-state index in [1.165, 1.54) is 0 Å². The fraction of sp³-hybridized carbons (Fsp3) is 0.438. The number of aliphatic carboxylic acids is 1. The Morgan fingerprint density at radius 2 is 2.00 bits per heavy atom. The van der Waals surface area contributed by atoms with Crippen molar-refractivity contribution in [3.63, 3.8) is 0 Å². The molecule has 1 aromatic rings. The van der Waals surface area contributed by atoms with Gasteiger partial charge in [0, 0.05) is 6.61 Å². The van der Waals surface area contributed by atoms with E-state index in [0.717, 1.165) is 10.5 Å². The molecule has 1 aliphatic heterocycles. The zero-order valence-electron chi connectivity index (χ0n) is 12.6. The van der Waals surface area contributed by atoms with Gasteiger partial charge in [0.05, 0.1) is 18.4 Å². The van der Waals surface area contributed by atoms with E-state index >= 15 is 0 Å². The smallest absolute Gasteiger partial charge is 0.416 e. The minimum atomic E-state index is -1.15. The molecule has 23 heavy (non-hydrogen) atoms. The molecular formula is C16H19NO6. The second kappa shape index (κ2) is 7.73. The number of imide groups is 1. The second-order valence-electron chi connectivity index (χ2n) is 5.44. The summed E-state index contributed by atoms with van der Waals surface area (Å²) in [6.45, 7) is -0.242. The molecule has 7 nitrogen and oxygen atoms in total. The van der Waals surface area contributed by atoms with Crippen LogP contribution in [0.5, 0.6) is 0 Å². The molecule has 0 radical (unpaired) electrons. The van der Waals surface area contributed by atoms with Crippen molar-refractivity contribution in [1.82, 2.24) is 4.90 Å². The molecule has 2 amide bonds. The van der Waals surface area contributed by atoms with Crippen molar-refractivity contribution in [1.29, 1.82) is 0 Å². The number of carboxylic acids is 1. The number of amides is 2. The molecule has 2 unspecified atom stereocenters. The number of nitrogens with zero attached hydrogens (tertiary/aromatic N) is 1. The van der Waals surface area contributed by atoms with E-state index in [-0.39, 0.29) is 19.6 Å². The number of aliphatic hydroxyl groups is 1. The summed E-state index contributed by atoms with van der Waals surface area (Å²) in [7, 11) is 0. The van der Waals surface area contributed by atoms with Gasteiger partial charge < -0.3 is 14.9 Å². The molecule has 0 saturated carbocycles. The molecular weight excluding hydrogens is 302 g/mol. The number of benzene rings is 1. The van der Waals surface area contributed by atoms with Crippen molar-refractivity contribution < 1.29 is 29.3 Å². The first kappa shape index (κ1) is 17.0. The summed E-state index contributed by atoms with van der Waals surface area (Å²) >= 11 is 0. The first-order chi connectivity index (χ1) is 11.0. The molecule has 0 aromatic heterocycles. The molecule has 1 heterocycles. The average Bonchev–Trinajstić information content (AvgIpc) is 2.87. The maximum atomic E-state index is 12.5. The maximum Gasteiger partial charge on any atom is 0.416 e. The standard InChI is InChI=1S/C16H19NO6/c18-7-6-12(9-14(19)20)15(21)17-13(10-23-16(17)22)8-11-4-2-1-3-5-11/h1-5,12-13,18H,6-10H2,(H,19,20). The molecule has 0 spiro atoms. The lowest BCUT2D eigenvalue weighted by Gasteiger charge is -2.24. The van der Waals surface area contributed by atoms with Gasteiger partial charge in [0.1, 0.15) is 6.61 Å². The van der Waals surface area contributed by atoms with Gasteiger partial charge in [-0.3, -0.25) is 9.59 Å². The number of carboxylic acid groups (broad SMARTS) is 1. The van der Waals surface area contributed by atoms with E-state index < -0.39 is 36.4 Å². The first-order valence-electron chi connectivity index (χ1n) is 7.39. The van der Waals surface area contributed by atoms with Gasteiger partial charge in [0.25, 0.3) is 0 Å². The Balaban J connectivity index is 2.14. The summed E-state index contributed by atoms with van der Waals surface area (Å²) in [6, 6.07) is 8.89. The van der Waals surface area contributed by atoms with Crippen LogP contribution in [0.1, 0.15) is 18.4 Å². The average molecular weight is 321 g/mol. The molecule has 2 atom stereocenters. The van der Waals surface area contributed by atoms with Crippen LogP contribution >= 0.6 is 0 Å². The van der Waals surface area contributed by atoms with Crippen LogP contribution in [0.4, 0.5) is 4.79 Å². The summed E-state index contributed by atoms with van der Waals surface area (Å²) in [5, 5.41) is 17.9. The lowest BCUT2D eigenvalue weighted by Crippen LogP contribution is -2.44. The number of rotatable bonds is 7. The Hall–Kier alpha value is -2.41. The van der Waals surface area contributed by atoms with Crippen molar-refractivity contribution in [2.45, 2.75) is 25.3 Å². The lowest BCUT2D eigenvalue weighted by atomic mass is 9.98. The van der Waals surface area contributed by atoms with Crippen molar-refractivity contribution in [2.24, 2.45) is 5.92 Å². The number of carbonyl (C=O) groups excluding carboxylic acids is 2. The molecule has 0 aliphatic carbocycles. The maximum absolute atomic E-state index is 12.5. The van der Waals surface area contributed by atoms with Gasteiger partial charge in [-0.15, -0.1) is 0 Å². The summed E-state index contributed by atoms with van der Waals surface area (Å²) < 4.78 is 4.96. The third kappa shape index (κ3) is 4.29. The SMILES string of the molecule is O=C(O)CC(CCO)C(=O)N1C(=O)OCC1Cc1ccccc1. The Labute approximate surface area is 133 Å². The number of hydrogen-bond donors (Lipinski definition) is 2. The van der Waals surface area contributed by atoms with Crippen LogP contribution in [0.2, 0.25) is 0 Å². The lowest BCUT2D eigenvalue weighted by molar-refractivity contribution is -0.144. The molecule has 0 bridgehead atoms. The van der Waals surface area contributed by atoms with Gasteiger partial charge in [-0.25, -0.2) is 9.69 Å². The summed E-state index contributed by atoms with van der Waals surface area (Å²) in [4.78, 5) is 36.3. The van der Waals surface area contributed by atoms with E-state index in [2.05, 4.69) is 0 Å². The van der Waals surface area contributed by atoms with E-state index in [1.54, 1.807) is 0 Å². The molecule has 1 aromatic carbocycles.